The van der Waals surface area contributed by atoms with Crippen molar-refractivity contribution in [3.63, 3.8) is 0 Å². The molecule has 0 spiro atoms. The van der Waals surface area contributed by atoms with Crippen molar-refractivity contribution in [2.75, 3.05) is 27.3 Å². The average Bonchev–Trinajstić information content (AvgIpc) is 3.48. The summed E-state index contributed by atoms with van der Waals surface area (Å²) >= 11 is 1.42. The Balaban J connectivity index is 1.35. The number of benzene rings is 2. The summed E-state index contributed by atoms with van der Waals surface area (Å²) in [6, 6.07) is 16.6. The summed E-state index contributed by atoms with van der Waals surface area (Å²) in [5.74, 6) is 1.11. The Morgan fingerprint density at radius 1 is 0.943 bits per heavy atom. The van der Waals surface area contributed by atoms with Gasteiger partial charge in [0.15, 0.2) is 0 Å². The van der Waals surface area contributed by atoms with Crippen LogP contribution in [0, 0.1) is 0 Å². The van der Waals surface area contributed by atoms with Gasteiger partial charge < -0.3 is 20.1 Å². The lowest BCUT2D eigenvalue weighted by Crippen LogP contribution is -2.29. The molecule has 2 amide bonds. The maximum absolute atomic E-state index is 12.8. The molecule has 4 rings (SSSR count). The van der Waals surface area contributed by atoms with Crippen molar-refractivity contribution in [1.82, 2.24) is 20.4 Å². The Labute approximate surface area is 207 Å². The van der Waals surface area contributed by atoms with Crippen molar-refractivity contribution < 1.29 is 19.1 Å². The Morgan fingerprint density at radius 2 is 1.66 bits per heavy atom. The number of carbonyl (C=O) groups is 2. The van der Waals surface area contributed by atoms with Crippen molar-refractivity contribution >= 4 is 33.4 Å². The highest BCUT2D eigenvalue weighted by atomic mass is 32.1. The number of aryl methyl sites for hydroxylation is 1. The van der Waals surface area contributed by atoms with Gasteiger partial charge in [-0.15, -0.1) is 11.3 Å². The molecule has 8 nitrogen and oxygen atoms in total. The van der Waals surface area contributed by atoms with Crippen LogP contribution in [0.4, 0.5) is 0 Å². The molecule has 2 N–H and O–H groups in total. The molecule has 0 saturated carbocycles. The lowest BCUT2D eigenvalue weighted by atomic mass is 10.2. The van der Waals surface area contributed by atoms with Gasteiger partial charge in [0.25, 0.3) is 11.8 Å². The van der Waals surface area contributed by atoms with E-state index in [1.54, 1.807) is 38.5 Å². The van der Waals surface area contributed by atoms with E-state index in [-0.39, 0.29) is 11.8 Å². The molecule has 35 heavy (non-hydrogen) atoms. The molecule has 0 aliphatic carbocycles. The fourth-order valence-electron chi connectivity index (χ4n) is 3.68. The van der Waals surface area contributed by atoms with Gasteiger partial charge in [0.2, 0.25) is 0 Å². The number of thiophene rings is 1. The van der Waals surface area contributed by atoms with E-state index in [9.17, 15) is 9.59 Å². The number of hydrogen-bond donors (Lipinski definition) is 2. The molecule has 0 aliphatic heterocycles. The molecule has 0 atom stereocenters. The molecule has 2 aromatic carbocycles. The van der Waals surface area contributed by atoms with Crippen LogP contribution < -0.4 is 20.1 Å². The number of aromatic nitrogens is 2. The Kier molecular flexibility index (Phi) is 7.67. The molecule has 0 saturated heterocycles. The van der Waals surface area contributed by atoms with Gasteiger partial charge in [-0.1, -0.05) is 13.0 Å². The van der Waals surface area contributed by atoms with Crippen LogP contribution in [0.1, 0.15) is 39.1 Å². The molecule has 2 heterocycles. The number of methoxy groups -OCH3 is 2. The first-order valence-corrected chi connectivity index (χ1v) is 12.2. The number of rotatable bonds is 10. The topological polar surface area (TPSA) is 94.5 Å². The molecular weight excluding hydrogens is 464 g/mol. The maximum atomic E-state index is 12.8. The predicted octanol–water partition coefficient (Wildman–Crippen LogP) is 4.22. The number of nitrogens with zero attached hydrogens (tertiary/aromatic N) is 2. The molecule has 2 aromatic heterocycles. The molecule has 0 bridgehead atoms. The summed E-state index contributed by atoms with van der Waals surface area (Å²) < 4.78 is 12.3. The normalized spacial score (nSPS) is 10.8. The molecule has 182 valence electrons. The lowest BCUT2D eigenvalue weighted by Gasteiger charge is -2.07. The number of hydrogen-bond acceptors (Lipinski definition) is 6. The molecule has 0 aliphatic rings. The highest BCUT2D eigenvalue weighted by Crippen LogP contribution is 2.31. The van der Waals surface area contributed by atoms with Crippen molar-refractivity contribution in [3.8, 4) is 17.2 Å². The third-order valence-electron chi connectivity index (χ3n) is 5.57. The van der Waals surface area contributed by atoms with E-state index < -0.39 is 0 Å². The van der Waals surface area contributed by atoms with E-state index in [4.69, 9.17) is 14.6 Å². The third kappa shape index (κ3) is 5.46. The Morgan fingerprint density at radius 3 is 2.34 bits per heavy atom. The minimum Gasteiger partial charge on any atom is -0.497 e. The number of amides is 2. The Bertz CT molecular complexity index is 1330. The van der Waals surface area contributed by atoms with Crippen molar-refractivity contribution in [3.05, 3.63) is 70.7 Å². The van der Waals surface area contributed by atoms with Gasteiger partial charge in [0, 0.05) is 24.0 Å². The van der Waals surface area contributed by atoms with Gasteiger partial charge >= 0.3 is 0 Å². The zero-order chi connectivity index (χ0) is 24.8. The molecule has 0 fully saturated rings. The van der Waals surface area contributed by atoms with Crippen LogP contribution in [0.2, 0.25) is 0 Å². The molecule has 0 radical (unpaired) electrons. The summed E-state index contributed by atoms with van der Waals surface area (Å²) in [5, 5.41) is 11.5. The van der Waals surface area contributed by atoms with E-state index >= 15 is 0 Å². The van der Waals surface area contributed by atoms with Gasteiger partial charge in [-0.3, -0.25) is 9.59 Å². The van der Waals surface area contributed by atoms with Gasteiger partial charge in [-0.25, -0.2) is 4.68 Å². The zero-order valence-corrected chi connectivity index (χ0v) is 20.8. The standard InChI is InChI=1S/C26H28N4O4S/c1-4-22-21-16-23(35-26(21)30(29-22)18-9-11-19(33-2)12-10-18)25(32)28-14-6-13-27-24(31)17-7-5-8-20(15-17)34-3/h5,7-12,15-16H,4,6,13-14H2,1-3H3,(H,27,31)(H,28,32). The van der Waals surface area contributed by atoms with E-state index in [1.807, 2.05) is 35.0 Å². The van der Waals surface area contributed by atoms with E-state index in [0.717, 1.165) is 33.8 Å². The largest absolute Gasteiger partial charge is 0.497 e. The number of fused-ring (bicyclic) bond motifs is 1. The highest BCUT2D eigenvalue weighted by molar-refractivity contribution is 7.20. The van der Waals surface area contributed by atoms with Crippen molar-refractivity contribution in [2.24, 2.45) is 0 Å². The maximum Gasteiger partial charge on any atom is 0.261 e. The fourth-order valence-corrected chi connectivity index (χ4v) is 4.75. The fraction of sp³-hybridized carbons (Fsp3) is 0.269. The number of ether oxygens (including phenoxy) is 2. The first-order valence-electron chi connectivity index (χ1n) is 11.4. The second-order valence-corrected chi connectivity index (χ2v) is 8.87. The second kappa shape index (κ2) is 11.1. The lowest BCUT2D eigenvalue weighted by molar-refractivity contribution is 0.0952. The zero-order valence-electron chi connectivity index (χ0n) is 20.0. The monoisotopic (exact) mass is 492 g/mol. The highest BCUT2D eigenvalue weighted by Gasteiger charge is 2.18. The summed E-state index contributed by atoms with van der Waals surface area (Å²) in [7, 11) is 3.20. The molecular formula is C26H28N4O4S. The third-order valence-corrected chi connectivity index (χ3v) is 6.68. The average molecular weight is 493 g/mol. The summed E-state index contributed by atoms with van der Waals surface area (Å²) in [6.45, 7) is 2.96. The van der Waals surface area contributed by atoms with Gasteiger partial charge in [-0.05, 0) is 61.4 Å². The smallest absolute Gasteiger partial charge is 0.261 e. The van der Waals surface area contributed by atoms with E-state index in [2.05, 4.69) is 17.6 Å². The van der Waals surface area contributed by atoms with Crippen LogP contribution >= 0.6 is 11.3 Å². The van der Waals surface area contributed by atoms with Crippen LogP contribution in [0.25, 0.3) is 15.9 Å². The molecule has 0 unspecified atom stereocenters. The van der Waals surface area contributed by atoms with Crippen LogP contribution in [-0.2, 0) is 6.42 Å². The van der Waals surface area contributed by atoms with Gasteiger partial charge in [0.05, 0.1) is 30.5 Å². The molecule has 9 heteroatoms. The summed E-state index contributed by atoms with van der Waals surface area (Å²) in [4.78, 5) is 26.6. The van der Waals surface area contributed by atoms with E-state index in [1.165, 1.54) is 11.3 Å². The van der Waals surface area contributed by atoms with Gasteiger partial charge in [0.1, 0.15) is 16.3 Å². The van der Waals surface area contributed by atoms with Gasteiger partial charge in [-0.2, -0.15) is 5.10 Å². The van der Waals surface area contributed by atoms with E-state index in [0.29, 0.717) is 35.7 Å². The number of carbonyl (C=O) groups excluding carboxylic acids is 2. The Hall–Kier alpha value is -3.85. The quantitative estimate of drug-likeness (QED) is 0.323. The van der Waals surface area contributed by atoms with Crippen molar-refractivity contribution in [1.29, 1.82) is 0 Å². The second-order valence-electron chi connectivity index (χ2n) is 7.84. The predicted molar refractivity (Wildman–Crippen MR) is 137 cm³/mol. The van der Waals surface area contributed by atoms with Crippen LogP contribution in [0.15, 0.2) is 54.6 Å². The number of nitrogens with one attached hydrogen (secondary N) is 2. The minimum atomic E-state index is -0.171. The molecule has 4 aromatic rings. The van der Waals surface area contributed by atoms with Crippen LogP contribution in [-0.4, -0.2) is 48.9 Å². The minimum absolute atomic E-state index is 0.131. The summed E-state index contributed by atoms with van der Waals surface area (Å²) in [6.07, 6.45) is 1.39. The summed E-state index contributed by atoms with van der Waals surface area (Å²) in [5.41, 5.74) is 2.40. The van der Waals surface area contributed by atoms with Crippen LogP contribution in [0.5, 0.6) is 11.5 Å². The van der Waals surface area contributed by atoms with Crippen molar-refractivity contribution in [2.45, 2.75) is 19.8 Å². The SMILES string of the molecule is CCc1nn(-c2ccc(OC)cc2)c2sc(C(=O)NCCCNC(=O)c3cccc(OC)c3)cc12. The first kappa shape index (κ1) is 24.3. The van der Waals surface area contributed by atoms with Crippen LogP contribution in [0.3, 0.4) is 0 Å². The first-order chi connectivity index (χ1) is 17.0.